The van der Waals surface area contributed by atoms with E-state index in [1.807, 2.05) is 11.4 Å². The van der Waals surface area contributed by atoms with Crippen LogP contribution in [0.2, 0.25) is 0 Å². The van der Waals surface area contributed by atoms with Gasteiger partial charge in [0.1, 0.15) is 17.5 Å². The van der Waals surface area contributed by atoms with E-state index < -0.39 is 0 Å². The molecule has 2 heterocycles. The minimum atomic E-state index is -0.316. The summed E-state index contributed by atoms with van der Waals surface area (Å²) in [4.78, 5) is 9.32. The van der Waals surface area contributed by atoms with Crippen LogP contribution in [0.1, 0.15) is 16.6 Å². The Morgan fingerprint density at radius 1 is 1.28 bits per heavy atom. The lowest BCUT2D eigenvalue weighted by atomic mass is 10.1. The third kappa shape index (κ3) is 2.28. The lowest BCUT2D eigenvalue weighted by Gasteiger charge is -2.16. The van der Waals surface area contributed by atoms with Gasteiger partial charge in [-0.3, -0.25) is 10.8 Å². The lowest BCUT2D eigenvalue weighted by Crippen LogP contribution is -2.29. The van der Waals surface area contributed by atoms with Gasteiger partial charge in [0.15, 0.2) is 0 Å². The highest BCUT2D eigenvalue weighted by Gasteiger charge is 2.23. The van der Waals surface area contributed by atoms with Crippen molar-refractivity contribution in [2.45, 2.75) is 6.04 Å². The molecule has 0 saturated heterocycles. The number of rotatable bonds is 5. The Labute approximate surface area is 109 Å². The van der Waals surface area contributed by atoms with Gasteiger partial charge >= 0.3 is 0 Å². The normalized spacial score (nSPS) is 12.2. The van der Waals surface area contributed by atoms with Crippen molar-refractivity contribution in [3.63, 3.8) is 0 Å². The molecule has 0 aliphatic heterocycles. The number of methoxy groups -OCH3 is 2. The van der Waals surface area contributed by atoms with Gasteiger partial charge in [-0.1, -0.05) is 0 Å². The van der Waals surface area contributed by atoms with E-state index in [0.29, 0.717) is 11.6 Å². The van der Waals surface area contributed by atoms with Crippen molar-refractivity contribution in [2.75, 3.05) is 14.2 Å². The van der Waals surface area contributed by atoms with Crippen molar-refractivity contribution >= 4 is 11.3 Å². The summed E-state index contributed by atoms with van der Waals surface area (Å²) in [6.45, 7) is 0. The molecule has 7 heteroatoms. The van der Waals surface area contributed by atoms with Gasteiger partial charge in [0.25, 0.3) is 0 Å². The Balaban J connectivity index is 2.45. The average Bonchev–Trinajstić information content (AvgIpc) is 2.88. The fourth-order valence-corrected chi connectivity index (χ4v) is 2.58. The van der Waals surface area contributed by atoms with Crippen LogP contribution in [0.3, 0.4) is 0 Å². The Bertz CT molecular complexity index is 517. The van der Waals surface area contributed by atoms with E-state index in [2.05, 4.69) is 15.4 Å². The molecule has 2 aromatic rings. The van der Waals surface area contributed by atoms with E-state index in [4.69, 9.17) is 15.3 Å². The molecule has 3 N–H and O–H groups in total. The SMILES string of the molecule is COc1ccsc1C(NN)c1nccnc1OC. The minimum absolute atomic E-state index is 0.316. The van der Waals surface area contributed by atoms with Crippen LogP contribution in [0.15, 0.2) is 23.8 Å². The van der Waals surface area contributed by atoms with Gasteiger partial charge in [0.2, 0.25) is 5.88 Å². The molecule has 0 saturated carbocycles. The molecule has 96 valence electrons. The second kappa shape index (κ2) is 5.76. The Kier molecular flexibility index (Phi) is 4.08. The van der Waals surface area contributed by atoms with Gasteiger partial charge in [0, 0.05) is 12.4 Å². The van der Waals surface area contributed by atoms with Crippen LogP contribution >= 0.6 is 11.3 Å². The largest absolute Gasteiger partial charge is 0.496 e. The Morgan fingerprint density at radius 2 is 2.06 bits per heavy atom. The first kappa shape index (κ1) is 12.7. The first-order valence-electron chi connectivity index (χ1n) is 5.24. The number of ether oxygens (including phenoxy) is 2. The molecule has 0 radical (unpaired) electrons. The molecular weight excluding hydrogens is 252 g/mol. The second-order valence-electron chi connectivity index (χ2n) is 3.40. The van der Waals surface area contributed by atoms with Gasteiger partial charge in [-0.25, -0.2) is 10.4 Å². The van der Waals surface area contributed by atoms with Crippen molar-refractivity contribution in [3.8, 4) is 11.6 Å². The molecule has 0 amide bonds. The molecule has 2 rings (SSSR count). The highest BCUT2D eigenvalue weighted by atomic mass is 32.1. The van der Waals surface area contributed by atoms with Crippen molar-refractivity contribution in [1.82, 2.24) is 15.4 Å². The predicted octanol–water partition coefficient (Wildman–Crippen LogP) is 1.11. The zero-order valence-electron chi connectivity index (χ0n) is 10.1. The summed E-state index contributed by atoms with van der Waals surface area (Å²) in [6.07, 6.45) is 3.17. The monoisotopic (exact) mass is 266 g/mol. The Hall–Kier alpha value is -1.70. The van der Waals surface area contributed by atoms with Crippen molar-refractivity contribution in [2.24, 2.45) is 5.84 Å². The van der Waals surface area contributed by atoms with Crippen LogP contribution in [-0.4, -0.2) is 24.2 Å². The third-order valence-corrected chi connectivity index (χ3v) is 3.43. The van der Waals surface area contributed by atoms with Crippen molar-refractivity contribution in [1.29, 1.82) is 0 Å². The smallest absolute Gasteiger partial charge is 0.237 e. The fraction of sp³-hybridized carbons (Fsp3) is 0.273. The van der Waals surface area contributed by atoms with Gasteiger partial charge in [-0.15, -0.1) is 11.3 Å². The summed E-state index contributed by atoms with van der Waals surface area (Å²) >= 11 is 1.53. The molecule has 1 atom stereocenters. The topological polar surface area (TPSA) is 82.3 Å². The van der Waals surface area contributed by atoms with Crippen LogP contribution in [0.25, 0.3) is 0 Å². The van der Waals surface area contributed by atoms with Crippen LogP contribution in [0.5, 0.6) is 11.6 Å². The summed E-state index contributed by atoms with van der Waals surface area (Å²) in [7, 11) is 3.17. The predicted molar refractivity (Wildman–Crippen MR) is 68.6 cm³/mol. The zero-order valence-corrected chi connectivity index (χ0v) is 10.9. The van der Waals surface area contributed by atoms with Gasteiger partial charge in [0.05, 0.1) is 19.1 Å². The fourth-order valence-electron chi connectivity index (χ4n) is 1.66. The highest BCUT2D eigenvalue weighted by Crippen LogP contribution is 2.35. The van der Waals surface area contributed by atoms with Crippen molar-refractivity contribution in [3.05, 3.63) is 34.4 Å². The third-order valence-electron chi connectivity index (χ3n) is 2.46. The standard InChI is InChI=1S/C11H14N4O2S/c1-16-7-3-6-18-10(7)8(15-12)9-11(17-2)14-5-4-13-9/h3-6,8,15H,12H2,1-2H3. The van der Waals surface area contributed by atoms with E-state index in [0.717, 1.165) is 10.6 Å². The minimum Gasteiger partial charge on any atom is -0.496 e. The molecule has 0 aliphatic rings. The number of thiophene rings is 1. The second-order valence-corrected chi connectivity index (χ2v) is 4.35. The van der Waals surface area contributed by atoms with Gasteiger partial charge < -0.3 is 9.47 Å². The molecule has 2 aromatic heterocycles. The summed E-state index contributed by atoms with van der Waals surface area (Å²) in [5.74, 6) is 6.82. The first-order chi connectivity index (χ1) is 8.81. The van der Waals surface area contributed by atoms with Crippen LogP contribution < -0.4 is 20.7 Å². The quantitative estimate of drug-likeness (QED) is 0.623. The molecule has 18 heavy (non-hydrogen) atoms. The maximum Gasteiger partial charge on any atom is 0.237 e. The maximum absolute atomic E-state index is 5.62. The van der Waals surface area contributed by atoms with Crippen LogP contribution in [0.4, 0.5) is 0 Å². The van der Waals surface area contributed by atoms with E-state index in [9.17, 15) is 0 Å². The first-order valence-corrected chi connectivity index (χ1v) is 6.12. The van der Waals surface area contributed by atoms with Crippen LogP contribution in [0, 0.1) is 0 Å². The molecule has 0 bridgehead atoms. The number of hydrogen-bond acceptors (Lipinski definition) is 7. The average molecular weight is 266 g/mol. The summed E-state index contributed by atoms with van der Waals surface area (Å²) < 4.78 is 10.5. The number of hydrazine groups is 1. The Morgan fingerprint density at radius 3 is 2.72 bits per heavy atom. The number of nitrogens with one attached hydrogen (secondary N) is 1. The zero-order chi connectivity index (χ0) is 13.0. The number of nitrogens with two attached hydrogens (primary N) is 1. The van der Waals surface area contributed by atoms with Gasteiger partial charge in [-0.2, -0.15) is 0 Å². The molecule has 0 spiro atoms. The van der Waals surface area contributed by atoms with E-state index in [-0.39, 0.29) is 6.04 Å². The number of hydrogen-bond donors (Lipinski definition) is 2. The summed E-state index contributed by atoms with van der Waals surface area (Å²) in [5.41, 5.74) is 3.35. The summed E-state index contributed by atoms with van der Waals surface area (Å²) in [6, 6.07) is 1.57. The summed E-state index contributed by atoms with van der Waals surface area (Å²) in [5, 5.41) is 1.93. The van der Waals surface area contributed by atoms with E-state index in [1.165, 1.54) is 11.3 Å². The maximum atomic E-state index is 5.62. The van der Waals surface area contributed by atoms with E-state index in [1.54, 1.807) is 26.6 Å². The molecule has 6 nitrogen and oxygen atoms in total. The molecular formula is C11H14N4O2S. The molecule has 0 aromatic carbocycles. The van der Waals surface area contributed by atoms with E-state index >= 15 is 0 Å². The number of aromatic nitrogens is 2. The van der Waals surface area contributed by atoms with Crippen molar-refractivity contribution < 1.29 is 9.47 Å². The molecule has 0 fully saturated rings. The van der Waals surface area contributed by atoms with Crippen LogP contribution in [-0.2, 0) is 0 Å². The lowest BCUT2D eigenvalue weighted by molar-refractivity contribution is 0.379. The molecule has 0 aliphatic carbocycles. The van der Waals surface area contributed by atoms with Gasteiger partial charge in [-0.05, 0) is 11.4 Å². The molecule has 1 unspecified atom stereocenters. The highest BCUT2D eigenvalue weighted by molar-refractivity contribution is 7.10. The number of nitrogens with zero attached hydrogens (tertiary/aromatic N) is 2.